The number of aromatic amines is 1. The molecule has 2 aliphatic rings. The van der Waals surface area contributed by atoms with Crippen molar-refractivity contribution in [3.05, 3.63) is 64.3 Å². The SMILES string of the molecule is OC[C@@H](O)COc1ccc([C@H]2c3[nH]c4ccc(Cl)cc4c3CCN2C(O)OCC2CC2)cc1. The van der Waals surface area contributed by atoms with Crippen molar-refractivity contribution in [2.75, 3.05) is 26.4 Å². The van der Waals surface area contributed by atoms with Gasteiger partial charge in [-0.15, -0.1) is 0 Å². The Morgan fingerprint density at radius 1 is 1.12 bits per heavy atom. The highest BCUT2D eigenvalue weighted by molar-refractivity contribution is 6.31. The minimum Gasteiger partial charge on any atom is -0.491 e. The van der Waals surface area contributed by atoms with E-state index in [1.54, 1.807) is 0 Å². The van der Waals surface area contributed by atoms with Gasteiger partial charge in [-0.1, -0.05) is 23.7 Å². The molecule has 0 spiro atoms. The fraction of sp³-hybridized carbons (Fsp3) is 0.440. The first-order valence-electron chi connectivity index (χ1n) is 11.4. The summed E-state index contributed by atoms with van der Waals surface area (Å²) < 4.78 is 11.4. The third-order valence-electron chi connectivity index (χ3n) is 6.44. The van der Waals surface area contributed by atoms with E-state index in [9.17, 15) is 10.2 Å². The first kappa shape index (κ1) is 22.7. The summed E-state index contributed by atoms with van der Waals surface area (Å²) in [6, 6.07) is 13.2. The van der Waals surface area contributed by atoms with Gasteiger partial charge in [0.2, 0.25) is 6.41 Å². The maximum atomic E-state index is 10.9. The number of hydrogen-bond acceptors (Lipinski definition) is 6. The molecule has 4 N–H and O–H groups in total. The molecular weight excluding hydrogens is 444 g/mol. The van der Waals surface area contributed by atoms with Gasteiger partial charge >= 0.3 is 0 Å². The molecule has 3 aromatic rings. The number of nitrogens with one attached hydrogen (secondary N) is 1. The first-order chi connectivity index (χ1) is 16.0. The fourth-order valence-electron chi connectivity index (χ4n) is 4.47. The molecule has 176 valence electrons. The van der Waals surface area contributed by atoms with Crippen LogP contribution < -0.4 is 4.74 Å². The Morgan fingerprint density at radius 3 is 2.64 bits per heavy atom. The highest BCUT2D eigenvalue weighted by Crippen LogP contribution is 2.40. The van der Waals surface area contributed by atoms with Crippen LogP contribution in [0.25, 0.3) is 10.9 Å². The van der Waals surface area contributed by atoms with E-state index in [0.717, 1.165) is 41.4 Å². The van der Waals surface area contributed by atoms with Crippen LogP contribution in [0, 0.1) is 5.92 Å². The van der Waals surface area contributed by atoms with Gasteiger partial charge in [0.1, 0.15) is 18.5 Å². The molecule has 1 aliphatic heterocycles. The number of fused-ring (bicyclic) bond motifs is 3. The van der Waals surface area contributed by atoms with Crippen molar-refractivity contribution in [2.45, 2.75) is 37.8 Å². The normalized spacial score (nSPS) is 20.5. The summed E-state index contributed by atoms with van der Waals surface area (Å²) in [5, 5.41) is 31.3. The summed E-state index contributed by atoms with van der Waals surface area (Å²) in [6.07, 6.45) is 1.17. The second-order valence-electron chi connectivity index (χ2n) is 8.92. The van der Waals surface area contributed by atoms with E-state index in [2.05, 4.69) is 4.98 Å². The standard InChI is InChI=1S/C25H29ClN2O5/c26-17-5-8-22-21(11-17)20-9-10-28(25(31)33-13-15-1-2-15)24(23(20)27-22)16-3-6-19(7-4-16)32-14-18(30)12-29/h3-8,11,15,18,24-25,27,29-31H,1-2,9-10,12-14H2/t18-,24+,25?/m1/s1. The lowest BCUT2D eigenvalue weighted by molar-refractivity contribution is -0.206. The summed E-state index contributed by atoms with van der Waals surface area (Å²) in [5.74, 6) is 1.15. The highest BCUT2D eigenvalue weighted by Gasteiger charge is 2.36. The number of aliphatic hydroxyl groups excluding tert-OH is 3. The lowest BCUT2D eigenvalue weighted by Gasteiger charge is -2.38. The van der Waals surface area contributed by atoms with Gasteiger partial charge in [0.05, 0.1) is 19.3 Å². The molecule has 3 atom stereocenters. The van der Waals surface area contributed by atoms with Crippen LogP contribution >= 0.6 is 11.6 Å². The molecule has 0 bridgehead atoms. The average Bonchev–Trinajstić information content (AvgIpc) is 3.60. The monoisotopic (exact) mass is 472 g/mol. The molecule has 0 radical (unpaired) electrons. The molecule has 1 aliphatic carbocycles. The smallest absolute Gasteiger partial charge is 0.216 e. The van der Waals surface area contributed by atoms with Crippen molar-refractivity contribution in [1.82, 2.24) is 9.88 Å². The van der Waals surface area contributed by atoms with Crippen molar-refractivity contribution < 1.29 is 24.8 Å². The van der Waals surface area contributed by atoms with E-state index in [0.29, 0.717) is 29.8 Å². The minimum atomic E-state index is -1.01. The van der Waals surface area contributed by atoms with E-state index < -0.39 is 12.5 Å². The van der Waals surface area contributed by atoms with Crippen molar-refractivity contribution in [2.24, 2.45) is 5.92 Å². The molecule has 1 unspecified atom stereocenters. The van der Waals surface area contributed by atoms with E-state index in [1.807, 2.05) is 47.4 Å². The second kappa shape index (κ2) is 9.62. The molecule has 1 fully saturated rings. The van der Waals surface area contributed by atoms with Gasteiger partial charge < -0.3 is 29.8 Å². The van der Waals surface area contributed by atoms with Gasteiger partial charge in [-0.3, -0.25) is 0 Å². The molecule has 2 aromatic carbocycles. The van der Waals surface area contributed by atoms with Crippen molar-refractivity contribution in [3.8, 4) is 5.75 Å². The predicted molar refractivity (Wildman–Crippen MR) is 125 cm³/mol. The number of nitrogens with zero attached hydrogens (tertiary/aromatic N) is 1. The quantitative estimate of drug-likeness (QED) is 0.357. The largest absolute Gasteiger partial charge is 0.491 e. The molecule has 33 heavy (non-hydrogen) atoms. The first-order valence-corrected chi connectivity index (χ1v) is 11.8. The van der Waals surface area contributed by atoms with Gasteiger partial charge in [0.15, 0.2) is 0 Å². The van der Waals surface area contributed by atoms with Gasteiger partial charge in [0.25, 0.3) is 0 Å². The molecule has 0 amide bonds. The lowest BCUT2D eigenvalue weighted by atomic mass is 9.92. The van der Waals surface area contributed by atoms with Crippen molar-refractivity contribution in [1.29, 1.82) is 0 Å². The average molecular weight is 473 g/mol. The molecule has 7 nitrogen and oxygen atoms in total. The number of hydrogen-bond donors (Lipinski definition) is 4. The molecule has 8 heteroatoms. The third-order valence-corrected chi connectivity index (χ3v) is 6.67. The molecule has 2 heterocycles. The van der Waals surface area contributed by atoms with Crippen LogP contribution in [-0.2, 0) is 11.2 Å². The maximum absolute atomic E-state index is 10.9. The Balaban J connectivity index is 1.46. The molecule has 1 saturated carbocycles. The summed E-state index contributed by atoms with van der Waals surface area (Å²) >= 11 is 6.28. The zero-order valence-corrected chi connectivity index (χ0v) is 19.0. The van der Waals surface area contributed by atoms with Crippen LogP contribution in [0.15, 0.2) is 42.5 Å². The number of aliphatic hydroxyl groups is 3. The van der Waals surface area contributed by atoms with E-state index in [4.69, 9.17) is 26.2 Å². The van der Waals surface area contributed by atoms with Gasteiger partial charge in [-0.2, -0.15) is 0 Å². The molecule has 1 aromatic heterocycles. The number of ether oxygens (including phenoxy) is 2. The number of halogens is 1. The van der Waals surface area contributed by atoms with E-state index in [-0.39, 0.29) is 19.3 Å². The molecule has 5 rings (SSSR count). The summed E-state index contributed by atoms with van der Waals surface area (Å²) in [5.41, 5.74) is 4.23. The Hall–Kier alpha value is -2.13. The van der Waals surface area contributed by atoms with Crippen LogP contribution in [0.3, 0.4) is 0 Å². The summed E-state index contributed by atoms with van der Waals surface area (Å²) in [7, 11) is 0. The van der Waals surface area contributed by atoms with Crippen LogP contribution in [0.1, 0.15) is 35.7 Å². The van der Waals surface area contributed by atoms with Crippen molar-refractivity contribution >= 4 is 22.5 Å². The second-order valence-corrected chi connectivity index (χ2v) is 9.35. The van der Waals surface area contributed by atoms with Gasteiger partial charge in [-0.25, -0.2) is 4.90 Å². The van der Waals surface area contributed by atoms with E-state index >= 15 is 0 Å². The fourth-order valence-corrected chi connectivity index (χ4v) is 4.64. The van der Waals surface area contributed by atoms with Crippen LogP contribution in [0.2, 0.25) is 5.02 Å². The van der Waals surface area contributed by atoms with Crippen LogP contribution in [0.5, 0.6) is 5.75 Å². The Labute approximate surface area is 197 Å². The van der Waals surface area contributed by atoms with Gasteiger partial charge in [-0.05, 0) is 66.6 Å². The summed E-state index contributed by atoms with van der Waals surface area (Å²) in [6.45, 7) is 0.885. The van der Waals surface area contributed by atoms with Crippen LogP contribution in [0.4, 0.5) is 0 Å². The Bertz CT molecular complexity index is 1100. The van der Waals surface area contributed by atoms with Crippen LogP contribution in [-0.4, -0.2) is 64.1 Å². The number of rotatable bonds is 9. The van der Waals surface area contributed by atoms with E-state index in [1.165, 1.54) is 5.56 Å². The topological polar surface area (TPSA) is 98.2 Å². The number of aromatic nitrogens is 1. The number of H-pyrrole nitrogens is 1. The van der Waals surface area contributed by atoms with Crippen molar-refractivity contribution in [3.63, 3.8) is 0 Å². The summed E-state index contributed by atoms with van der Waals surface area (Å²) in [4.78, 5) is 5.54. The molecule has 0 saturated heterocycles. The predicted octanol–water partition coefficient (Wildman–Crippen LogP) is 3.20. The van der Waals surface area contributed by atoms with Gasteiger partial charge in [0, 0.05) is 28.2 Å². The Kier molecular flexibility index (Phi) is 6.60. The zero-order valence-electron chi connectivity index (χ0n) is 18.3. The number of benzene rings is 2. The Morgan fingerprint density at radius 2 is 1.91 bits per heavy atom. The zero-order chi connectivity index (χ0) is 22.9. The maximum Gasteiger partial charge on any atom is 0.216 e. The minimum absolute atomic E-state index is 0.0199. The highest BCUT2D eigenvalue weighted by atomic mass is 35.5. The lowest BCUT2D eigenvalue weighted by Crippen LogP contribution is -2.44. The molecular formula is C25H29ClN2O5. The third kappa shape index (κ3) is 4.89.